The van der Waals surface area contributed by atoms with Crippen LogP contribution in [0, 0.1) is 0 Å². The number of thioether (sulfide) groups is 1. The van der Waals surface area contributed by atoms with Crippen LogP contribution in [0.1, 0.15) is 6.92 Å². The first-order valence-electron chi connectivity index (χ1n) is 5.82. The molecule has 0 saturated heterocycles. The predicted octanol–water partition coefficient (Wildman–Crippen LogP) is 0.134. The molecule has 0 aromatic carbocycles. The van der Waals surface area contributed by atoms with E-state index < -0.39 is 10.0 Å². The van der Waals surface area contributed by atoms with Gasteiger partial charge in [-0.15, -0.1) is 0 Å². The molecule has 8 heteroatoms. The minimum absolute atomic E-state index is 0.222. The quantitative estimate of drug-likeness (QED) is 0.633. The number of aromatic nitrogens is 2. The standard InChI is InChI=1S/C10H20N4O2S2/c1-3-11-4-6-14-9-10(8-12-14)18(15,16)13-5-7-17-2/h8-9,11,13H,3-7H2,1-2H3. The van der Waals surface area contributed by atoms with Crippen molar-refractivity contribution in [3.63, 3.8) is 0 Å². The summed E-state index contributed by atoms with van der Waals surface area (Å²) in [6.07, 6.45) is 4.87. The lowest BCUT2D eigenvalue weighted by atomic mass is 10.6. The normalized spacial score (nSPS) is 11.9. The maximum Gasteiger partial charge on any atom is 0.243 e. The molecule has 0 bridgehead atoms. The number of nitrogens with one attached hydrogen (secondary N) is 2. The highest BCUT2D eigenvalue weighted by Gasteiger charge is 2.15. The lowest BCUT2D eigenvalue weighted by Gasteiger charge is -2.03. The molecule has 1 heterocycles. The van der Waals surface area contributed by atoms with Crippen LogP contribution < -0.4 is 10.0 Å². The van der Waals surface area contributed by atoms with Crippen LogP contribution in [0.4, 0.5) is 0 Å². The van der Waals surface area contributed by atoms with Gasteiger partial charge in [0, 0.05) is 25.0 Å². The van der Waals surface area contributed by atoms with Crippen LogP contribution in [-0.4, -0.2) is 49.8 Å². The van der Waals surface area contributed by atoms with E-state index in [9.17, 15) is 8.42 Å². The van der Waals surface area contributed by atoms with Gasteiger partial charge in [-0.25, -0.2) is 13.1 Å². The van der Waals surface area contributed by atoms with Crippen LogP contribution in [0.2, 0.25) is 0 Å². The van der Waals surface area contributed by atoms with Gasteiger partial charge in [-0.05, 0) is 12.8 Å². The first-order valence-corrected chi connectivity index (χ1v) is 8.69. The fourth-order valence-corrected chi connectivity index (χ4v) is 2.76. The van der Waals surface area contributed by atoms with E-state index in [0.717, 1.165) is 18.8 Å². The van der Waals surface area contributed by atoms with Gasteiger partial charge in [0.15, 0.2) is 0 Å². The first-order chi connectivity index (χ1) is 8.60. The summed E-state index contributed by atoms with van der Waals surface area (Å²) in [5, 5.41) is 7.19. The highest BCUT2D eigenvalue weighted by molar-refractivity contribution is 7.98. The summed E-state index contributed by atoms with van der Waals surface area (Å²) < 4.78 is 27.9. The molecule has 1 aromatic rings. The molecule has 6 nitrogen and oxygen atoms in total. The average Bonchev–Trinajstić information content (AvgIpc) is 2.79. The Morgan fingerprint density at radius 1 is 1.44 bits per heavy atom. The van der Waals surface area contributed by atoms with Crippen molar-refractivity contribution in [1.29, 1.82) is 0 Å². The van der Waals surface area contributed by atoms with Crippen LogP contribution in [-0.2, 0) is 16.6 Å². The van der Waals surface area contributed by atoms with Crippen molar-refractivity contribution in [3.05, 3.63) is 12.4 Å². The predicted molar refractivity (Wildman–Crippen MR) is 74.3 cm³/mol. The Labute approximate surface area is 113 Å². The summed E-state index contributed by atoms with van der Waals surface area (Å²) >= 11 is 1.60. The van der Waals surface area contributed by atoms with Crippen molar-refractivity contribution in [2.75, 3.05) is 31.6 Å². The fraction of sp³-hybridized carbons (Fsp3) is 0.700. The van der Waals surface area contributed by atoms with Crippen LogP contribution >= 0.6 is 11.8 Å². The van der Waals surface area contributed by atoms with Crippen molar-refractivity contribution < 1.29 is 8.42 Å². The van der Waals surface area contributed by atoms with E-state index in [1.165, 1.54) is 6.20 Å². The molecular weight excluding hydrogens is 272 g/mol. The molecule has 104 valence electrons. The molecule has 0 saturated carbocycles. The molecule has 1 aromatic heterocycles. The Morgan fingerprint density at radius 3 is 2.89 bits per heavy atom. The van der Waals surface area contributed by atoms with Crippen molar-refractivity contribution in [3.8, 4) is 0 Å². The Hall–Kier alpha value is -0.570. The maximum atomic E-state index is 11.9. The summed E-state index contributed by atoms with van der Waals surface area (Å²) in [5.74, 6) is 0.758. The molecule has 0 radical (unpaired) electrons. The molecule has 0 spiro atoms. The lowest BCUT2D eigenvalue weighted by molar-refractivity contribution is 0.563. The Bertz CT molecular complexity index is 444. The zero-order valence-electron chi connectivity index (χ0n) is 10.7. The molecule has 0 amide bonds. The van der Waals surface area contributed by atoms with E-state index in [1.54, 1.807) is 22.6 Å². The van der Waals surface area contributed by atoms with Gasteiger partial charge in [-0.3, -0.25) is 4.68 Å². The van der Waals surface area contributed by atoms with E-state index in [1.807, 2.05) is 13.2 Å². The monoisotopic (exact) mass is 292 g/mol. The van der Waals surface area contributed by atoms with Crippen LogP contribution in [0.5, 0.6) is 0 Å². The zero-order chi connectivity index (χ0) is 13.4. The van der Waals surface area contributed by atoms with Crippen LogP contribution in [0.25, 0.3) is 0 Å². The number of hydrogen-bond acceptors (Lipinski definition) is 5. The Balaban J connectivity index is 2.55. The molecule has 0 aliphatic heterocycles. The van der Waals surface area contributed by atoms with E-state index in [2.05, 4.69) is 15.1 Å². The summed E-state index contributed by atoms with van der Waals surface area (Å²) in [5.41, 5.74) is 0. The molecule has 18 heavy (non-hydrogen) atoms. The summed E-state index contributed by atoms with van der Waals surface area (Å²) in [7, 11) is -3.41. The van der Waals surface area contributed by atoms with Crippen LogP contribution in [0.3, 0.4) is 0 Å². The number of likely N-dealkylation sites (N-methyl/N-ethyl adjacent to an activating group) is 1. The highest BCUT2D eigenvalue weighted by atomic mass is 32.2. The van der Waals surface area contributed by atoms with Crippen LogP contribution in [0.15, 0.2) is 17.3 Å². The molecule has 2 N–H and O–H groups in total. The van der Waals surface area contributed by atoms with E-state index in [-0.39, 0.29) is 4.90 Å². The summed E-state index contributed by atoms with van der Waals surface area (Å²) in [6.45, 7) is 4.79. The topological polar surface area (TPSA) is 76.0 Å². The van der Waals surface area contributed by atoms with Crippen molar-refractivity contribution in [2.24, 2.45) is 0 Å². The van der Waals surface area contributed by atoms with Gasteiger partial charge >= 0.3 is 0 Å². The number of rotatable bonds is 9. The number of hydrogen-bond donors (Lipinski definition) is 2. The third kappa shape index (κ3) is 4.97. The molecule has 1 rings (SSSR count). The largest absolute Gasteiger partial charge is 0.315 e. The van der Waals surface area contributed by atoms with Gasteiger partial charge < -0.3 is 5.32 Å². The summed E-state index contributed by atoms with van der Waals surface area (Å²) in [6, 6.07) is 0. The summed E-state index contributed by atoms with van der Waals surface area (Å²) in [4.78, 5) is 0.222. The lowest BCUT2D eigenvalue weighted by Crippen LogP contribution is -2.25. The minimum atomic E-state index is -3.41. The Morgan fingerprint density at radius 2 is 2.22 bits per heavy atom. The van der Waals surface area contributed by atoms with E-state index >= 15 is 0 Å². The molecule has 0 unspecified atom stereocenters. The van der Waals surface area contributed by atoms with Crippen molar-refractivity contribution in [2.45, 2.75) is 18.4 Å². The van der Waals surface area contributed by atoms with E-state index in [0.29, 0.717) is 13.1 Å². The molecule has 0 atom stereocenters. The molecular formula is C10H20N4O2S2. The highest BCUT2D eigenvalue weighted by Crippen LogP contribution is 2.06. The van der Waals surface area contributed by atoms with E-state index in [4.69, 9.17) is 0 Å². The van der Waals surface area contributed by atoms with Gasteiger partial charge in [0.05, 0.1) is 12.7 Å². The second kappa shape index (κ2) is 7.78. The fourth-order valence-electron chi connectivity index (χ4n) is 1.34. The molecule has 0 fully saturated rings. The van der Waals surface area contributed by atoms with Gasteiger partial charge in [0.1, 0.15) is 4.90 Å². The maximum absolute atomic E-state index is 11.9. The zero-order valence-corrected chi connectivity index (χ0v) is 12.4. The smallest absolute Gasteiger partial charge is 0.243 e. The third-order valence-corrected chi connectivity index (χ3v) is 4.31. The van der Waals surface area contributed by atoms with Gasteiger partial charge in [-0.1, -0.05) is 6.92 Å². The first kappa shape index (κ1) is 15.5. The third-order valence-electron chi connectivity index (χ3n) is 2.29. The number of sulfonamides is 1. The minimum Gasteiger partial charge on any atom is -0.315 e. The molecule has 0 aliphatic carbocycles. The van der Waals surface area contributed by atoms with Gasteiger partial charge in [0.2, 0.25) is 10.0 Å². The Kier molecular flexibility index (Phi) is 6.69. The SMILES string of the molecule is CCNCCn1cc(S(=O)(=O)NCCSC)cn1. The molecule has 0 aliphatic rings. The van der Waals surface area contributed by atoms with Crippen molar-refractivity contribution in [1.82, 2.24) is 19.8 Å². The van der Waals surface area contributed by atoms with Gasteiger partial charge in [0.25, 0.3) is 0 Å². The van der Waals surface area contributed by atoms with Crippen molar-refractivity contribution >= 4 is 21.8 Å². The number of nitrogens with zero attached hydrogens (tertiary/aromatic N) is 2. The second-order valence-electron chi connectivity index (χ2n) is 3.68. The van der Waals surface area contributed by atoms with Gasteiger partial charge in [-0.2, -0.15) is 16.9 Å². The average molecular weight is 292 g/mol. The second-order valence-corrected chi connectivity index (χ2v) is 6.44.